The Morgan fingerprint density at radius 1 is 1.17 bits per heavy atom. The van der Waals surface area contributed by atoms with Crippen LogP contribution in [0.3, 0.4) is 0 Å². The minimum Gasteiger partial charge on any atom is -0.508 e. The molecule has 1 spiro atoms. The molecule has 35 heavy (non-hydrogen) atoms. The van der Waals surface area contributed by atoms with Crippen LogP contribution in [0, 0.1) is 0 Å². The second-order valence-corrected chi connectivity index (χ2v) is 10.2. The van der Waals surface area contributed by atoms with Gasteiger partial charge in [0.05, 0.1) is 19.3 Å². The van der Waals surface area contributed by atoms with Gasteiger partial charge in [-0.25, -0.2) is 0 Å². The van der Waals surface area contributed by atoms with E-state index < -0.39 is 5.54 Å². The number of hydrogen-bond donors (Lipinski definition) is 3. The summed E-state index contributed by atoms with van der Waals surface area (Å²) in [6.07, 6.45) is 3.95. The lowest BCUT2D eigenvalue weighted by atomic mass is 9.79. The number of amidine groups is 1. The number of para-hydroxylation sites is 1. The Hall–Kier alpha value is -3.39. The van der Waals surface area contributed by atoms with E-state index in [-0.39, 0.29) is 23.8 Å². The van der Waals surface area contributed by atoms with Gasteiger partial charge in [0, 0.05) is 31.1 Å². The molecule has 8 nitrogen and oxygen atoms in total. The Morgan fingerprint density at radius 2 is 1.97 bits per heavy atom. The number of carbonyl (C=O) groups is 2. The molecule has 2 aromatic rings. The van der Waals surface area contributed by atoms with Gasteiger partial charge >= 0.3 is 0 Å². The van der Waals surface area contributed by atoms with Crippen LogP contribution in [-0.4, -0.2) is 65.5 Å². The molecule has 3 N–H and O–H groups in total. The monoisotopic (exact) mass is 473 g/mol. The second-order valence-electron chi connectivity index (χ2n) is 10.2. The van der Waals surface area contributed by atoms with Crippen LogP contribution in [0.2, 0.25) is 0 Å². The SMILES string of the molecule is O=C(CN1CCC2(CC1)C(=O)NCN2c1ccccc1)NC1=NC2CCc3cc(O)ccc3C2C1. The van der Waals surface area contributed by atoms with Gasteiger partial charge < -0.3 is 20.6 Å². The van der Waals surface area contributed by atoms with Crippen LogP contribution < -0.4 is 15.5 Å². The van der Waals surface area contributed by atoms with E-state index in [4.69, 9.17) is 4.99 Å². The predicted octanol–water partition coefficient (Wildman–Crippen LogP) is 2.14. The van der Waals surface area contributed by atoms with Gasteiger partial charge in [-0.1, -0.05) is 24.3 Å². The zero-order valence-corrected chi connectivity index (χ0v) is 19.7. The molecule has 8 heteroatoms. The lowest BCUT2D eigenvalue weighted by molar-refractivity contribution is -0.125. The summed E-state index contributed by atoms with van der Waals surface area (Å²) in [6, 6.07) is 15.9. The number of phenolic OH excluding ortho intramolecular Hbond substituents is 1. The number of fused-ring (bicyclic) bond motifs is 3. The molecular weight excluding hydrogens is 442 g/mol. The van der Waals surface area contributed by atoms with E-state index in [1.807, 2.05) is 42.5 Å². The molecule has 182 valence electrons. The third-order valence-corrected chi connectivity index (χ3v) is 8.17. The van der Waals surface area contributed by atoms with E-state index in [0.717, 1.165) is 30.8 Å². The largest absolute Gasteiger partial charge is 0.508 e. The van der Waals surface area contributed by atoms with E-state index in [0.29, 0.717) is 44.9 Å². The highest BCUT2D eigenvalue weighted by Crippen LogP contribution is 2.41. The molecule has 2 amide bonds. The van der Waals surface area contributed by atoms with Crippen molar-refractivity contribution in [2.45, 2.75) is 49.6 Å². The number of nitrogens with one attached hydrogen (secondary N) is 2. The number of aromatic hydroxyl groups is 1. The first-order valence-corrected chi connectivity index (χ1v) is 12.5. The third kappa shape index (κ3) is 3.95. The van der Waals surface area contributed by atoms with Crippen LogP contribution in [0.25, 0.3) is 0 Å². The molecule has 2 saturated heterocycles. The molecule has 3 aliphatic heterocycles. The highest BCUT2D eigenvalue weighted by Gasteiger charge is 2.50. The highest BCUT2D eigenvalue weighted by atomic mass is 16.3. The molecule has 6 rings (SSSR count). The zero-order valence-electron chi connectivity index (χ0n) is 19.7. The number of hydrogen-bond acceptors (Lipinski definition) is 6. The Morgan fingerprint density at radius 3 is 2.77 bits per heavy atom. The number of nitrogens with zero attached hydrogens (tertiary/aromatic N) is 3. The smallest absolute Gasteiger partial charge is 0.247 e. The number of benzene rings is 2. The molecule has 0 saturated carbocycles. The van der Waals surface area contributed by atoms with Gasteiger partial charge in [0.1, 0.15) is 17.1 Å². The van der Waals surface area contributed by atoms with Crippen molar-refractivity contribution < 1.29 is 14.7 Å². The number of likely N-dealkylation sites (tertiary alicyclic amines) is 1. The van der Waals surface area contributed by atoms with Gasteiger partial charge in [0.15, 0.2) is 0 Å². The molecule has 2 fully saturated rings. The summed E-state index contributed by atoms with van der Waals surface area (Å²) in [7, 11) is 0. The van der Waals surface area contributed by atoms with E-state index in [1.165, 1.54) is 11.1 Å². The first-order valence-electron chi connectivity index (χ1n) is 12.5. The van der Waals surface area contributed by atoms with Crippen molar-refractivity contribution in [3.05, 3.63) is 59.7 Å². The van der Waals surface area contributed by atoms with Gasteiger partial charge in [-0.15, -0.1) is 0 Å². The molecule has 0 radical (unpaired) electrons. The summed E-state index contributed by atoms with van der Waals surface area (Å²) in [6.45, 7) is 2.22. The number of rotatable bonds is 3. The average Bonchev–Trinajstić information content (AvgIpc) is 3.41. The zero-order chi connectivity index (χ0) is 24.0. The molecular formula is C27H31N5O3. The minimum atomic E-state index is -0.540. The van der Waals surface area contributed by atoms with Crippen molar-refractivity contribution in [1.29, 1.82) is 0 Å². The van der Waals surface area contributed by atoms with Gasteiger partial charge in [0.25, 0.3) is 0 Å². The maximum Gasteiger partial charge on any atom is 0.247 e. The quantitative estimate of drug-likeness (QED) is 0.635. The number of aryl methyl sites for hydroxylation is 1. The molecule has 2 unspecified atom stereocenters. The standard InChI is InChI=1S/C27H31N5O3/c33-20-7-8-21-18(14-20)6-9-23-22(21)15-24(29-23)30-25(34)16-31-12-10-27(11-13-31)26(35)28-17-32(27)19-4-2-1-3-5-19/h1-5,7-8,14,22-23,33H,6,9-13,15-17H2,(H,28,35)(H,29,30,34). The maximum atomic E-state index is 12.9. The second kappa shape index (κ2) is 8.68. The van der Waals surface area contributed by atoms with Crippen molar-refractivity contribution in [3.8, 4) is 5.75 Å². The molecule has 0 bridgehead atoms. The van der Waals surface area contributed by atoms with E-state index in [9.17, 15) is 14.7 Å². The predicted molar refractivity (Wildman–Crippen MR) is 133 cm³/mol. The first kappa shape index (κ1) is 22.1. The molecule has 1 aliphatic carbocycles. The van der Waals surface area contributed by atoms with Crippen LogP contribution in [0.15, 0.2) is 53.5 Å². The van der Waals surface area contributed by atoms with Crippen molar-refractivity contribution in [3.63, 3.8) is 0 Å². The Balaban J connectivity index is 1.05. The topological polar surface area (TPSA) is 97.3 Å². The van der Waals surface area contributed by atoms with Crippen molar-refractivity contribution in [1.82, 2.24) is 15.5 Å². The molecule has 2 aromatic carbocycles. The summed E-state index contributed by atoms with van der Waals surface area (Å²) >= 11 is 0. The lowest BCUT2D eigenvalue weighted by Crippen LogP contribution is -2.57. The van der Waals surface area contributed by atoms with Gasteiger partial charge in [-0.05, 0) is 61.1 Å². The van der Waals surface area contributed by atoms with Gasteiger partial charge in [-0.2, -0.15) is 0 Å². The fourth-order valence-electron chi connectivity index (χ4n) is 6.34. The Kier molecular flexibility index (Phi) is 5.48. The first-order chi connectivity index (χ1) is 17.0. The molecule has 0 aromatic heterocycles. The van der Waals surface area contributed by atoms with E-state index in [1.54, 1.807) is 6.07 Å². The average molecular weight is 474 g/mol. The summed E-state index contributed by atoms with van der Waals surface area (Å²) in [4.78, 5) is 34.8. The van der Waals surface area contributed by atoms with E-state index in [2.05, 4.69) is 20.4 Å². The fourth-order valence-corrected chi connectivity index (χ4v) is 6.34. The number of carbonyl (C=O) groups excluding carboxylic acids is 2. The van der Waals surface area contributed by atoms with Crippen molar-refractivity contribution >= 4 is 23.3 Å². The van der Waals surface area contributed by atoms with Crippen LogP contribution in [-0.2, 0) is 16.0 Å². The normalized spacial score (nSPS) is 25.1. The van der Waals surface area contributed by atoms with Crippen molar-refractivity contribution in [2.24, 2.45) is 4.99 Å². The molecule has 2 atom stereocenters. The summed E-state index contributed by atoms with van der Waals surface area (Å²) in [5.74, 6) is 1.39. The number of piperidine rings is 1. The van der Waals surface area contributed by atoms with Crippen LogP contribution in [0.1, 0.15) is 42.7 Å². The van der Waals surface area contributed by atoms with Gasteiger partial charge in [-0.3, -0.25) is 19.5 Å². The minimum absolute atomic E-state index is 0.0416. The molecule has 4 aliphatic rings. The molecule has 3 heterocycles. The Labute approximate surface area is 205 Å². The number of amides is 2. The Bertz CT molecular complexity index is 1170. The maximum absolute atomic E-state index is 12.9. The number of aliphatic imine (C=N–C) groups is 1. The fraction of sp³-hybridized carbons (Fsp3) is 0.444. The van der Waals surface area contributed by atoms with Crippen LogP contribution >= 0.6 is 0 Å². The summed E-state index contributed by atoms with van der Waals surface area (Å²) in [5, 5.41) is 15.9. The third-order valence-electron chi connectivity index (χ3n) is 8.17. The van der Waals surface area contributed by atoms with Crippen LogP contribution in [0.4, 0.5) is 5.69 Å². The lowest BCUT2D eigenvalue weighted by Gasteiger charge is -2.43. The van der Waals surface area contributed by atoms with Gasteiger partial charge in [0.2, 0.25) is 11.8 Å². The number of phenols is 1. The summed E-state index contributed by atoms with van der Waals surface area (Å²) in [5.41, 5.74) is 2.94. The number of anilines is 1. The van der Waals surface area contributed by atoms with Crippen LogP contribution in [0.5, 0.6) is 5.75 Å². The highest BCUT2D eigenvalue weighted by molar-refractivity contribution is 6.00. The van der Waals surface area contributed by atoms with Crippen molar-refractivity contribution in [2.75, 3.05) is 31.2 Å². The van der Waals surface area contributed by atoms with E-state index >= 15 is 0 Å². The summed E-state index contributed by atoms with van der Waals surface area (Å²) < 4.78 is 0.